The van der Waals surface area contributed by atoms with Crippen molar-refractivity contribution in [3.05, 3.63) is 82.0 Å². The fraction of sp³-hybridized carbons (Fsp3) is 0.231. The van der Waals surface area contributed by atoms with E-state index in [1.165, 1.54) is 16.4 Å². The van der Waals surface area contributed by atoms with E-state index in [1.807, 2.05) is 13.0 Å². The number of nitrogens with one attached hydrogen (secondary N) is 1. The highest BCUT2D eigenvalue weighted by atomic mass is 35.5. The molecule has 0 unspecified atom stereocenters. The average molecular weight is 634 g/mol. The maximum absolute atomic E-state index is 13.0. The van der Waals surface area contributed by atoms with Gasteiger partial charge < -0.3 is 4.74 Å². The molecule has 1 amide bonds. The minimum Gasteiger partial charge on any atom is -0.379 e. The first-order valence-corrected chi connectivity index (χ1v) is 16.6. The molecule has 15 heteroatoms. The van der Waals surface area contributed by atoms with E-state index in [0.29, 0.717) is 43.1 Å². The van der Waals surface area contributed by atoms with E-state index >= 15 is 0 Å². The van der Waals surface area contributed by atoms with E-state index in [4.69, 9.17) is 16.3 Å². The molecule has 0 saturated carbocycles. The fourth-order valence-electron chi connectivity index (χ4n) is 4.10. The predicted octanol–water partition coefficient (Wildman–Crippen LogP) is 3.81. The second kappa shape index (κ2) is 11.9. The summed E-state index contributed by atoms with van der Waals surface area (Å²) in [4.78, 5) is 25.3. The van der Waals surface area contributed by atoms with E-state index in [-0.39, 0.29) is 26.5 Å². The third-order valence-corrected chi connectivity index (χ3v) is 10.6. The first-order chi connectivity index (χ1) is 19.5. The van der Waals surface area contributed by atoms with Gasteiger partial charge in [0.1, 0.15) is 0 Å². The van der Waals surface area contributed by atoms with Gasteiger partial charge in [0.25, 0.3) is 5.91 Å². The van der Waals surface area contributed by atoms with Crippen molar-refractivity contribution in [3.8, 4) is 11.3 Å². The van der Waals surface area contributed by atoms with Crippen LogP contribution in [0.2, 0.25) is 5.02 Å². The minimum atomic E-state index is -3.96. The van der Waals surface area contributed by atoms with Crippen LogP contribution in [0.25, 0.3) is 11.3 Å². The Morgan fingerprint density at radius 3 is 2.51 bits per heavy atom. The van der Waals surface area contributed by atoms with Crippen molar-refractivity contribution in [1.29, 1.82) is 0 Å². The number of aryl methyl sites for hydroxylation is 1. The van der Waals surface area contributed by atoms with Crippen LogP contribution in [-0.4, -0.2) is 68.3 Å². The molecule has 0 spiro atoms. The fourth-order valence-corrected chi connectivity index (χ4v) is 7.59. The van der Waals surface area contributed by atoms with Gasteiger partial charge in [0.15, 0.2) is 10.8 Å². The Hall–Kier alpha value is -3.27. The molecule has 41 heavy (non-hydrogen) atoms. The summed E-state index contributed by atoms with van der Waals surface area (Å²) < 4.78 is 58.2. The number of hydrogen-bond acceptors (Lipinski definition) is 10. The zero-order valence-electron chi connectivity index (χ0n) is 21.7. The number of halogens is 1. The molecular weight excluding hydrogens is 610 g/mol. The molecule has 1 aliphatic heterocycles. The van der Waals surface area contributed by atoms with E-state index in [9.17, 15) is 21.6 Å². The van der Waals surface area contributed by atoms with Gasteiger partial charge in [-0.3, -0.25) is 10.1 Å². The standard InChI is InChI=1S/C26H24ClN5O6S3/c1-17-3-2-4-18(13-17)16-40(34,35)26-28-14-21(27)23(30-26)24(33)31-25-29-22(15-39-25)19-5-7-20(8-6-19)41(36,37)32-9-11-38-12-10-32/h2-8,13-15H,9-12,16H2,1H3,(H,29,31,33). The number of anilines is 1. The molecule has 5 rings (SSSR count). The van der Waals surface area contributed by atoms with Crippen molar-refractivity contribution in [2.75, 3.05) is 31.6 Å². The van der Waals surface area contributed by atoms with Crippen molar-refractivity contribution in [3.63, 3.8) is 0 Å². The molecule has 0 atom stereocenters. The number of carbonyl (C=O) groups is 1. The highest BCUT2D eigenvalue weighted by molar-refractivity contribution is 7.90. The Balaban J connectivity index is 1.30. The summed E-state index contributed by atoms with van der Waals surface area (Å²) in [6, 6.07) is 13.3. The predicted molar refractivity (Wildman–Crippen MR) is 154 cm³/mol. The molecule has 1 N–H and O–H groups in total. The quantitative estimate of drug-likeness (QED) is 0.286. The Bertz CT molecular complexity index is 1810. The summed E-state index contributed by atoms with van der Waals surface area (Å²) in [5.41, 5.74) is 2.32. The Morgan fingerprint density at radius 1 is 1.07 bits per heavy atom. The topological polar surface area (TPSA) is 149 Å². The summed E-state index contributed by atoms with van der Waals surface area (Å²) in [6.07, 6.45) is 1.08. The van der Waals surface area contributed by atoms with Crippen LogP contribution in [0.3, 0.4) is 0 Å². The number of amides is 1. The number of sulfone groups is 1. The van der Waals surface area contributed by atoms with Gasteiger partial charge in [-0.05, 0) is 24.6 Å². The van der Waals surface area contributed by atoms with Gasteiger partial charge in [-0.15, -0.1) is 11.3 Å². The van der Waals surface area contributed by atoms with Crippen molar-refractivity contribution in [1.82, 2.24) is 19.3 Å². The third-order valence-electron chi connectivity index (χ3n) is 6.14. The average Bonchev–Trinajstić information content (AvgIpc) is 3.42. The highest BCUT2D eigenvalue weighted by Crippen LogP contribution is 2.28. The lowest BCUT2D eigenvalue weighted by molar-refractivity contribution is 0.0730. The lowest BCUT2D eigenvalue weighted by Gasteiger charge is -2.26. The van der Waals surface area contributed by atoms with Crippen LogP contribution in [0, 0.1) is 6.92 Å². The number of carbonyl (C=O) groups excluding carboxylic acids is 1. The summed E-state index contributed by atoms with van der Waals surface area (Å²) in [6.45, 7) is 3.17. The first kappa shape index (κ1) is 29.2. The molecular formula is C26H24ClN5O6S3. The molecule has 2 aromatic heterocycles. The highest BCUT2D eigenvalue weighted by Gasteiger charge is 2.27. The molecule has 1 fully saturated rings. The number of thiazole rings is 1. The zero-order valence-corrected chi connectivity index (χ0v) is 24.9. The van der Waals surface area contributed by atoms with E-state index in [0.717, 1.165) is 23.1 Å². The second-order valence-corrected chi connectivity index (χ2v) is 14.2. The van der Waals surface area contributed by atoms with Crippen molar-refractivity contribution >= 4 is 53.8 Å². The molecule has 11 nitrogen and oxygen atoms in total. The van der Waals surface area contributed by atoms with Gasteiger partial charge in [0.2, 0.25) is 25.0 Å². The number of sulfonamides is 1. The van der Waals surface area contributed by atoms with Crippen LogP contribution in [0.1, 0.15) is 21.6 Å². The first-order valence-electron chi connectivity index (χ1n) is 12.3. The number of benzene rings is 2. The van der Waals surface area contributed by atoms with Crippen LogP contribution < -0.4 is 5.32 Å². The van der Waals surface area contributed by atoms with Crippen molar-refractivity contribution in [2.24, 2.45) is 0 Å². The van der Waals surface area contributed by atoms with Crippen LogP contribution in [0.4, 0.5) is 5.13 Å². The van der Waals surface area contributed by atoms with Gasteiger partial charge >= 0.3 is 0 Å². The maximum Gasteiger partial charge on any atom is 0.277 e. The maximum atomic E-state index is 13.0. The minimum absolute atomic E-state index is 0.120. The normalized spacial score (nSPS) is 14.6. The summed E-state index contributed by atoms with van der Waals surface area (Å²) >= 11 is 7.27. The number of rotatable bonds is 8. The van der Waals surface area contributed by atoms with E-state index in [2.05, 4.69) is 20.3 Å². The molecule has 0 radical (unpaired) electrons. The van der Waals surface area contributed by atoms with Crippen LogP contribution in [0.5, 0.6) is 0 Å². The monoisotopic (exact) mass is 633 g/mol. The number of nitrogens with zero attached hydrogens (tertiary/aromatic N) is 4. The van der Waals surface area contributed by atoms with Crippen molar-refractivity contribution < 1.29 is 26.4 Å². The van der Waals surface area contributed by atoms with E-state index < -0.39 is 30.9 Å². The van der Waals surface area contributed by atoms with E-state index in [1.54, 1.807) is 35.7 Å². The summed E-state index contributed by atoms with van der Waals surface area (Å²) in [5, 5.41) is 3.87. The smallest absolute Gasteiger partial charge is 0.277 e. The molecule has 0 aliphatic carbocycles. The second-order valence-electron chi connectivity index (χ2n) is 9.13. The molecule has 1 aliphatic rings. The molecule has 1 saturated heterocycles. The Labute approximate surface area is 246 Å². The number of aromatic nitrogens is 3. The van der Waals surface area contributed by atoms with Crippen molar-refractivity contribution in [2.45, 2.75) is 22.7 Å². The summed E-state index contributed by atoms with van der Waals surface area (Å²) in [7, 11) is -7.58. The van der Waals surface area contributed by atoms with Gasteiger partial charge in [-0.25, -0.2) is 31.8 Å². The largest absolute Gasteiger partial charge is 0.379 e. The number of morpholine rings is 1. The molecule has 0 bridgehead atoms. The molecule has 4 aromatic rings. The third kappa shape index (κ3) is 6.63. The number of ether oxygens (including phenoxy) is 1. The van der Waals surface area contributed by atoms with Gasteiger partial charge in [0, 0.05) is 24.0 Å². The lowest BCUT2D eigenvalue weighted by Crippen LogP contribution is -2.40. The molecule has 3 heterocycles. The van der Waals surface area contributed by atoms with Gasteiger partial charge in [-0.2, -0.15) is 4.31 Å². The SMILES string of the molecule is Cc1cccc(CS(=O)(=O)c2ncc(Cl)c(C(=O)Nc3nc(-c4ccc(S(=O)(=O)N5CCOCC5)cc4)cs3)n2)c1. The van der Waals surface area contributed by atoms with Crippen LogP contribution in [0.15, 0.2) is 70.2 Å². The van der Waals surface area contributed by atoms with Gasteiger partial charge in [-0.1, -0.05) is 53.6 Å². The molecule has 214 valence electrons. The zero-order chi connectivity index (χ0) is 29.2. The van der Waals surface area contributed by atoms with Crippen LogP contribution >= 0.6 is 22.9 Å². The van der Waals surface area contributed by atoms with Gasteiger partial charge in [0.05, 0.1) is 40.8 Å². The Kier molecular flexibility index (Phi) is 8.50. The Morgan fingerprint density at radius 2 is 1.80 bits per heavy atom. The molecule has 2 aromatic carbocycles. The summed E-state index contributed by atoms with van der Waals surface area (Å²) in [5.74, 6) is -1.09. The number of hydrogen-bond donors (Lipinski definition) is 1. The lowest BCUT2D eigenvalue weighted by atomic mass is 10.2. The van der Waals surface area contributed by atoms with Crippen LogP contribution in [-0.2, 0) is 30.4 Å².